The van der Waals surface area contributed by atoms with Crippen molar-refractivity contribution in [3.8, 4) is 0 Å². The molecule has 62 heavy (non-hydrogen) atoms. The molecule has 5 rings (SSSR count). The molecule has 0 fully saturated rings. The molecule has 2 aliphatic heterocycles. The van der Waals surface area contributed by atoms with E-state index in [9.17, 15) is 24.0 Å². The number of Topliss-reactive ketones (excluding diaryl/α,β-unsaturated/α-hetero) is 1. The number of H-pyrrole nitrogens is 1. The molecule has 17 heteroatoms. The lowest BCUT2D eigenvalue weighted by atomic mass is 9.93. The lowest BCUT2D eigenvalue weighted by Crippen LogP contribution is -2.34. The number of ether oxygens (including phenoxy) is 3. The first-order valence-corrected chi connectivity index (χ1v) is 20.8. The summed E-state index contributed by atoms with van der Waals surface area (Å²) < 4.78 is 19.7. The fourth-order valence-corrected chi connectivity index (χ4v) is 5.77. The number of allylic oxidation sites excluding steroid dienone is 2. The topological polar surface area (TPSA) is 227 Å². The molecule has 0 bridgehead atoms. The summed E-state index contributed by atoms with van der Waals surface area (Å²) in [5, 5.41) is 21.2. The fourth-order valence-electron chi connectivity index (χ4n) is 5.77. The van der Waals surface area contributed by atoms with E-state index in [2.05, 4.69) is 58.7 Å². The first kappa shape index (κ1) is 54.3. The summed E-state index contributed by atoms with van der Waals surface area (Å²) in [5.41, 5.74) is 6.65. The molecule has 0 spiro atoms. The first-order valence-electron chi connectivity index (χ1n) is 20.8. The van der Waals surface area contributed by atoms with Crippen LogP contribution < -0.4 is 16.4 Å². The van der Waals surface area contributed by atoms with Gasteiger partial charge in [0.05, 0.1) is 41.8 Å². The summed E-state index contributed by atoms with van der Waals surface area (Å²) in [5.74, 6) is 1.95. The fraction of sp³-hybridized carbons (Fsp3) is 0.600. The molecule has 0 saturated carbocycles. The van der Waals surface area contributed by atoms with Crippen LogP contribution in [-0.4, -0.2) is 76.5 Å². The Morgan fingerprint density at radius 2 is 1.06 bits per heavy atom. The number of nitrogens with one attached hydrogen (secondary N) is 3. The van der Waals surface area contributed by atoms with E-state index in [1.165, 1.54) is 6.92 Å². The van der Waals surface area contributed by atoms with Gasteiger partial charge in [-0.1, -0.05) is 41.5 Å². The molecule has 3 aromatic heterocycles. The summed E-state index contributed by atoms with van der Waals surface area (Å²) in [4.78, 5) is 55.8. The SMILES string of the molecule is CC(=O)CC(=O)OC(C)(C)C.CC(C)C=O.CC1=C(C(=O)OC(C)(C)C)C(C(C)C)n2nccc2N1.CC1=C(C(=O)OC(C)(C)C)C(C(C)C)n2nccc2N1.Nc1ccn[nH]1. The van der Waals surface area contributed by atoms with Crippen LogP contribution in [0.5, 0.6) is 0 Å². The number of nitrogen functional groups attached to an aromatic ring is 1. The Morgan fingerprint density at radius 3 is 1.31 bits per heavy atom. The molecule has 2 aliphatic rings. The van der Waals surface area contributed by atoms with Crippen molar-refractivity contribution in [1.29, 1.82) is 0 Å². The number of aldehydes is 1. The van der Waals surface area contributed by atoms with Crippen LogP contribution in [0.15, 0.2) is 59.3 Å². The second-order valence-electron chi connectivity index (χ2n) is 18.9. The maximum Gasteiger partial charge on any atom is 0.338 e. The molecule has 2 atom stereocenters. The van der Waals surface area contributed by atoms with E-state index in [0.717, 1.165) is 29.3 Å². The maximum absolute atomic E-state index is 12.5. The first-order chi connectivity index (χ1) is 28.4. The number of aromatic amines is 1. The smallest absolute Gasteiger partial charge is 0.338 e. The minimum atomic E-state index is -0.504. The van der Waals surface area contributed by atoms with Gasteiger partial charge in [-0.05, 0) is 101 Å². The van der Waals surface area contributed by atoms with Crippen molar-refractivity contribution in [1.82, 2.24) is 29.8 Å². The number of ketones is 1. The predicted octanol–water partition coefficient (Wildman–Crippen LogP) is 8.38. The number of hydrogen-bond acceptors (Lipinski definition) is 14. The van der Waals surface area contributed by atoms with Crippen molar-refractivity contribution in [3.63, 3.8) is 0 Å². The van der Waals surface area contributed by atoms with Gasteiger partial charge < -0.3 is 35.4 Å². The number of fused-ring (bicyclic) bond motifs is 2. The average Bonchev–Trinajstić information content (AvgIpc) is 3.87. The van der Waals surface area contributed by atoms with E-state index in [1.54, 1.807) is 45.4 Å². The molecular formula is C45H73N9O8. The van der Waals surface area contributed by atoms with Crippen molar-refractivity contribution >= 4 is 47.4 Å². The maximum atomic E-state index is 12.5. The van der Waals surface area contributed by atoms with Gasteiger partial charge in [-0.3, -0.25) is 14.7 Å². The van der Waals surface area contributed by atoms with Gasteiger partial charge in [0.25, 0.3) is 0 Å². The van der Waals surface area contributed by atoms with Gasteiger partial charge >= 0.3 is 17.9 Å². The van der Waals surface area contributed by atoms with Crippen LogP contribution in [0.2, 0.25) is 0 Å². The highest BCUT2D eigenvalue weighted by Crippen LogP contribution is 2.38. The quantitative estimate of drug-likeness (QED) is 0.0757. The standard InChI is InChI=1S/2C15H23N3O2.C8H14O3.C4H8O.C3H5N3/c2*1-9(2)13-12(14(19)20-15(4,5)6)10(3)17-11-7-8-16-18(11)13;1-6(9)5-7(10)11-8(2,3)4;1-4(2)3-5;4-3-1-2-5-6-3/h2*7-9,13,17H,1-6H3;5H2,1-4H3;3-4H,1-2H3;1-2H,(H3,4,5,6). The Labute approximate surface area is 368 Å². The summed E-state index contributed by atoms with van der Waals surface area (Å²) in [7, 11) is 0. The van der Waals surface area contributed by atoms with Crippen molar-refractivity contribution in [2.24, 2.45) is 17.8 Å². The van der Waals surface area contributed by atoms with Gasteiger partial charge in [-0.15, -0.1) is 0 Å². The molecule has 2 unspecified atom stereocenters. The van der Waals surface area contributed by atoms with Crippen LogP contribution >= 0.6 is 0 Å². The number of nitrogens with two attached hydrogens (primary N) is 1. The molecule has 5 heterocycles. The molecule has 0 amide bonds. The van der Waals surface area contributed by atoms with Crippen LogP contribution in [0.25, 0.3) is 0 Å². The Morgan fingerprint density at radius 1 is 0.694 bits per heavy atom. The second kappa shape index (κ2) is 23.5. The highest BCUT2D eigenvalue weighted by atomic mass is 16.6. The highest BCUT2D eigenvalue weighted by Gasteiger charge is 2.37. The number of hydrogen-bond donors (Lipinski definition) is 4. The van der Waals surface area contributed by atoms with Crippen molar-refractivity contribution in [2.75, 3.05) is 16.4 Å². The molecule has 346 valence electrons. The van der Waals surface area contributed by atoms with Crippen molar-refractivity contribution < 1.29 is 38.2 Å². The number of aromatic nitrogens is 6. The number of rotatable bonds is 7. The van der Waals surface area contributed by atoms with Crippen LogP contribution in [0.1, 0.15) is 143 Å². The Balaban J connectivity index is 0.000000426. The molecule has 0 radical (unpaired) electrons. The average molecular weight is 868 g/mol. The number of esters is 3. The predicted molar refractivity (Wildman–Crippen MR) is 242 cm³/mol. The monoisotopic (exact) mass is 868 g/mol. The number of nitrogens with zero attached hydrogens (tertiary/aromatic N) is 5. The summed E-state index contributed by atoms with van der Waals surface area (Å²) in [6, 6.07) is 5.31. The van der Waals surface area contributed by atoms with Gasteiger partial charge in [0, 0.05) is 29.4 Å². The number of carbonyl (C=O) groups is 5. The normalized spacial score (nSPS) is 15.6. The third-order valence-electron chi connectivity index (χ3n) is 8.01. The lowest BCUT2D eigenvalue weighted by molar-refractivity contribution is -0.156. The zero-order valence-electron chi connectivity index (χ0n) is 40.2. The molecule has 0 aliphatic carbocycles. The van der Waals surface area contributed by atoms with Gasteiger partial charge in [0.1, 0.15) is 52.7 Å². The number of carbonyl (C=O) groups excluding carboxylic acids is 5. The third-order valence-corrected chi connectivity index (χ3v) is 8.01. The zero-order chi connectivity index (χ0) is 47.9. The van der Waals surface area contributed by atoms with E-state index in [0.29, 0.717) is 17.0 Å². The Bertz CT molecular complexity index is 1880. The van der Waals surface area contributed by atoms with Gasteiger partial charge in [0.15, 0.2) is 0 Å². The highest BCUT2D eigenvalue weighted by molar-refractivity contribution is 5.94. The third kappa shape index (κ3) is 18.9. The number of anilines is 3. The minimum absolute atomic E-state index is 0.101. The van der Waals surface area contributed by atoms with Gasteiger partial charge in [0.2, 0.25) is 0 Å². The Kier molecular flexibility index (Phi) is 20.5. The second-order valence-corrected chi connectivity index (χ2v) is 18.9. The summed E-state index contributed by atoms with van der Waals surface area (Å²) >= 11 is 0. The summed E-state index contributed by atoms with van der Waals surface area (Å²) in [6.45, 7) is 33.8. The molecule has 5 N–H and O–H groups in total. The Hall–Kier alpha value is -5.74. The van der Waals surface area contributed by atoms with E-state index in [-0.39, 0.29) is 54.0 Å². The molecular weight excluding hydrogens is 795 g/mol. The van der Waals surface area contributed by atoms with Crippen molar-refractivity contribution in [3.05, 3.63) is 59.3 Å². The molecule has 17 nitrogen and oxygen atoms in total. The van der Waals surface area contributed by atoms with Crippen LogP contribution in [0.4, 0.5) is 17.5 Å². The zero-order valence-corrected chi connectivity index (χ0v) is 40.2. The van der Waals surface area contributed by atoms with E-state index < -0.39 is 22.8 Å². The molecule has 0 saturated heterocycles. The molecule has 0 aromatic carbocycles. The lowest BCUT2D eigenvalue weighted by Gasteiger charge is -2.32. The summed E-state index contributed by atoms with van der Waals surface area (Å²) in [6.07, 6.45) is 5.87. The van der Waals surface area contributed by atoms with Crippen LogP contribution in [0.3, 0.4) is 0 Å². The van der Waals surface area contributed by atoms with Gasteiger partial charge in [-0.2, -0.15) is 15.3 Å². The van der Waals surface area contributed by atoms with Crippen LogP contribution in [-0.2, 0) is 38.2 Å². The van der Waals surface area contributed by atoms with E-state index in [1.807, 2.05) is 90.7 Å². The van der Waals surface area contributed by atoms with E-state index >= 15 is 0 Å². The van der Waals surface area contributed by atoms with Crippen LogP contribution in [0, 0.1) is 17.8 Å². The van der Waals surface area contributed by atoms with Crippen molar-refractivity contribution in [2.45, 2.75) is 160 Å². The molecule has 3 aromatic rings. The largest absolute Gasteiger partial charge is 0.460 e. The van der Waals surface area contributed by atoms with Gasteiger partial charge in [-0.25, -0.2) is 19.0 Å². The van der Waals surface area contributed by atoms with E-state index in [4.69, 9.17) is 19.9 Å². The minimum Gasteiger partial charge on any atom is -0.460 e.